The van der Waals surface area contributed by atoms with Crippen molar-refractivity contribution in [2.75, 3.05) is 13.1 Å². The summed E-state index contributed by atoms with van der Waals surface area (Å²) in [6, 6.07) is 7.50. The SMILES string of the molecule is CC(C)(C)OC(=O)N1CC=C(c2ccc([C@@H]3C(C)(C)OC(NC45CC6CC4CC(C(N)=O)(C6)C5)=NS3(=O)=O)cc2)CC1. The van der Waals surface area contributed by atoms with E-state index in [-0.39, 0.29) is 23.9 Å². The molecule has 11 heteroatoms. The van der Waals surface area contributed by atoms with Crippen LogP contribution in [0.4, 0.5) is 4.79 Å². The number of amides is 2. The quantitative estimate of drug-likeness (QED) is 0.527. The Bertz CT molecular complexity index is 1480. The molecule has 5 atom stereocenters. The number of hydrogen-bond acceptors (Lipinski definition) is 7. The Morgan fingerprint density at radius 2 is 1.86 bits per heavy atom. The van der Waals surface area contributed by atoms with E-state index in [1.54, 1.807) is 18.7 Å². The molecule has 7 rings (SSSR count). The molecule has 2 aliphatic heterocycles. The molecule has 2 amide bonds. The molecule has 10 nitrogen and oxygen atoms in total. The number of primary amides is 1. The van der Waals surface area contributed by atoms with Crippen molar-refractivity contribution >= 4 is 33.6 Å². The van der Waals surface area contributed by atoms with Crippen LogP contribution in [0.3, 0.4) is 0 Å². The van der Waals surface area contributed by atoms with Gasteiger partial charge in [0.25, 0.3) is 10.0 Å². The van der Waals surface area contributed by atoms with Gasteiger partial charge < -0.3 is 25.4 Å². The number of nitrogens with zero attached hydrogens (tertiary/aromatic N) is 2. The maximum Gasteiger partial charge on any atom is 0.410 e. The number of sulfonamides is 1. The minimum Gasteiger partial charge on any atom is -0.457 e. The molecule has 0 aromatic heterocycles. The van der Waals surface area contributed by atoms with Crippen LogP contribution in [0.2, 0.25) is 0 Å². The van der Waals surface area contributed by atoms with Crippen molar-refractivity contribution < 1.29 is 27.5 Å². The molecule has 1 aromatic carbocycles. The molecule has 0 radical (unpaired) electrons. The van der Waals surface area contributed by atoms with Crippen LogP contribution in [0, 0.1) is 17.3 Å². The predicted molar refractivity (Wildman–Crippen MR) is 159 cm³/mol. The van der Waals surface area contributed by atoms with Crippen LogP contribution in [0.15, 0.2) is 34.7 Å². The van der Waals surface area contributed by atoms with E-state index in [0.29, 0.717) is 37.4 Å². The molecule has 228 valence electrons. The zero-order valence-electron chi connectivity index (χ0n) is 25.1. The Morgan fingerprint density at radius 3 is 2.45 bits per heavy atom. The molecule has 1 aromatic rings. The third kappa shape index (κ3) is 4.97. The molecular weight excluding hydrogens is 556 g/mol. The third-order valence-electron chi connectivity index (χ3n) is 9.85. The number of carbonyl (C=O) groups is 2. The van der Waals surface area contributed by atoms with Gasteiger partial charge in [-0.25, -0.2) is 13.2 Å². The van der Waals surface area contributed by atoms with Crippen molar-refractivity contribution in [3.63, 3.8) is 0 Å². The van der Waals surface area contributed by atoms with Gasteiger partial charge in [-0.15, -0.1) is 4.40 Å². The fourth-order valence-corrected chi connectivity index (χ4v) is 10.0. The lowest BCUT2D eigenvalue weighted by Crippen LogP contribution is -2.56. The number of benzene rings is 1. The van der Waals surface area contributed by atoms with Gasteiger partial charge in [0.05, 0.1) is 5.41 Å². The second kappa shape index (κ2) is 9.46. The van der Waals surface area contributed by atoms with E-state index in [4.69, 9.17) is 15.2 Å². The van der Waals surface area contributed by atoms with Gasteiger partial charge in [0, 0.05) is 18.6 Å². The maximum atomic E-state index is 13.7. The third-order valence-corrected chi connectivity index (χ3v) is 11.7. The zero-order valence-corrected chi connectivity index (χ0v) is 25.9. The van der Waals surface area contributed by atoms with Crippen LogP contribution < -0.4 is 11.1 Å². The van der Waals surface area contributed by atoms with Crippen LogP contribution in [0.1, 0.15) is 89.5 Å². The fraction of sp³-hybridized carbons (Fsp3) is 0.645. The molecule has 3 N–H and O–H groups in total. The van der Waals surface area contributed by atoms with Gasteiger partial charge in [0.2, 0.25) is 5.91 Å². The lowest BCUT2D eigenvalue weighted by Gasteiger charge is -2.42. The monoisotopic (exact) mass is 598 g/mol. The first-order valence-electron chi connectivity index (χ1n) is 14.9. The highest BCUT2D eigenvalue weighted by atomic mass is 32.2. The topological polar surface area (TPSA) is 140 Å². The van der Waals surface area contributed by atoms with Crippen LogP contribution in [-0.4, -0.2) is 61.2 Å². The van der Waals surface area contributed by atoms with Crippen molar-refractivity contribution in [3.05, 3.63) is 41.5 Å². The molecule has 0 spiro atoms. The first kappa shape index (κ1) is 29.0. The smallest absolute Gasteiger partial charge is 0.410 e. The Balaban J connectivity index is 1.18. The first-order chi connectivity index (χ1) is 19.5. The summed E-state index contributed by atoms with van der Waals surface area (Å²) in [7, 11) is -3.97. The van der Waals surface area contributed by atoms with Crippen LogP contribution in [-0.2, 0) is 24.3 Å². The van der Waals surface area contributed by atoms with Crippen LogP contribution >= 0.6 is 0 Å². The number of nitrogens with one attached hydrogen (secondary N) is 1. The summed E-state index contributed by atoms with van der Waals surface area (Å²) < 4.78 is 43.2. The fourth-order valence-electron chi connectivity index (χ4n) is 8.36. The summed E-state index contributed by atoms with van der Waals surface area (Å²) in [5, 5.41) is 2.40. The average molecular weight is 599 g/mol. The molecule has 4 fully saturated rings. The van der Waals surface area contributed by atoms with E-state index in [1.807, 2.05) is 51.1 Å². The average Bonchev–Trinajstić information content (AvgIpc) is 3.23. The number of nitrogens with two attached hydrogens (primary N) is 1. The van der Waals surface area contributed by atoms with E-state index >= 15 is 0 Å². The molecule has 4 unspecified atom stereocenters. The van der Waals surface area contributed by atoms with Crippen molar-refractivity contribution in [3.8, 4) is 0 Å². The second-order valence-corrected chi connectivity index (χ2v) is 16.2. The number of amidine groups is 1. The lowest BCUT2D eigenvalue weighted by atomic mass is 9.68. The normalized spacial score (nSPS) is 34.3. The molecule has 4 aliphatic carbocycles. The molecule has 42 heavy (non-hydrogen) atoms. The standard InChI is InChI=1S/C31H42N4O6S/c1-28(2,3)41-27(37)35-12-10-21(11-13-35)20-6-8-22(9-7-20)24-29(4,5)40-26(34-42(24,38)39)33-31-16-19-14-23(31)17-30(15-19,18-31)25(32)36/h6-10,19,23-24H,11-18H2,1-5H3,(H2,32,36)(H,33,34)/t19?,23?,24-,30?,31?/m1/s1. The van der Waals surface area contributed by atoms with Gasteiger partial charge in [0.15, 0.2) is 0 Å². The van der Waals surface area contributed by atoms with Gasteiger partial charge in [-0.05, 0) is 102 Å². The summed E-state index contributed by atoms with van der Waals surface area (Å²) in [6.07, 6.45) is 6.38. The van der Waals surface area contributed by atoms with E-state index in [2.05, 4.69) is 9.71 Å². The molecule has 0 saturated heterocycles. The number of rotatable bonds is 4. The molecule has 2 heterocycles. The second-order valence-electron chi connectivity index (χ2n) is 14.5. The van der Waals surface area contributed by atoms with Crippen molar-refractivity contribution in [2.45, 2.75) is 95.1 Å². The largest absolute Gasteiger partial charge is 0.457 e. The predicted octanol–water partition coefficient (Wildman–Crippen LogP) is 4.27. The Labute approximate surface area is 248 Å². The Morgan fingerprint density at radius 1 is 1.14 bits per heavy atom. The summed E-state index contributed by atoms with van der Waals surface area (Å²) >= 11 is 0. The van der Waals surface area contributed by atoms with Crippen LogP contribution in [0.5, 0.6) is 0 Å². The Hall–Kier alpha value is -3.08. The maximum absolute atomic E-state index is 13.7. The minimum absolute atomic E-state index is 0.0163. The minimum atomic E-state index is -3.97. The van der Waals surface area contributed by atoms with Gasteiger partial charge >= 0.3 is 12.1 Å². The van der Waals surface area contributed by atoms with E-state index in [9.17, 15) is 18.0 Å². The van der Waals surface area contributed by atoms with Crippen molar-refractivity contribution in [1.29, 1.82) is 0 Å². The first-order valence-corrected chi connectivity index (χ1v) is 16.4. The molecular formula is C31H42N4O6S. The number of ether oxygens (including phenoxy) is 2. The highest BCUT2D eigenvalue weighted by Crippen LogP contribution is 2.66. The highest BCUT2D eigenvalue weighted by molar-refractivity contribution is 7.90. The zero-order chi connectivity index (χ0) is 30.3. The molecule has 6 aliphatic rings. The van der Waals surface area contributed by atoms with Crippen LogP contribution in [0.25, 0.3) is 5.57 Å². The molecule has 4 bridgehead atoms. The van der Waals surface area contributed by atoms with Gasteiger partial charge in [0.1, 0.15) is 16.5 Å². The Kier molecular flexibility index (Phi) is 6.53. The van der Waals surface area contributed by atoms with Crippen molar-refractivity contribution in [1.82, 2.24) is 10.2 Å². The van der Waals surface area contributed by atoms with E-state index < -0.39 is 37.4 Å². The van der Waals surface area contributed by atoms with Gasteiger partial charge in [-0.2, -0.15) is 0 Å². The summed E-state index contributed by atoms with van der Waals surface area (Å²) in [4.78, 5) is 26.4. The lowest BCUT2D eigenvalue weighted by molar-refractivity contribution is -0.130. The summed E-state index contributed by atoms with van der Waals surface area (Å²) in [5.74, 6) is 0.390. The number of carbonyl (C=O) groups excluding carboxylic acids is 2. The highest BCUT2D eigenvalue weighted by Gasteiger charge is 2.67. The number of hydrogen-bond donors (Lipinski definition) is 2. The summed E-state index contributed by atoms with van der Waals surface area (Å²) in [6.45, 7) is 10.1. The van der Waals surface area contributed by atoms with Gasteiger partial charge in [-0.3, -0.25) is 4.79 Å². The summed E-state index contributed by atoms with van der Waals surface area (Å²) in [5.41, 5.74) is 5.95. The van der Waals surface area contributed by atoms with E-state index in [1.165, 1.54) is 0 Å². The van der Waals surface area contributed by atoms with Crippen molar-refractivity contribution in [2.24, 2.45) is 27.4 Å². The van der Waals surface area contributed by atoms with Gasteiger partial charge in [-0.1, -0.05) is 30.3 Å². The van der Waals surface area contributed by atoms with E-state index in [0.717, 1.165) is 36.8 Å². The molecule has 4 saturated carbocycles.